The van der Waals surface area contributed by atoms with Gasteiger partial charge in [0, 0.05) is 23.1 Å². The van der Waals surface area contributed by atoms with Gasteiger partial charge < -0.3 is 4.57 Å². The minimum atomic E-state index is 0.972. The average molecular weight is 261 g/mol. The fraction of sp³-hybridized carbons (Fsp3) is 0.263. The highest BCUT2D eigenvalue weighted by molar-refractivity contribution is 5.87. The highest BCUT2D eigenvalue weighted by atomic mass is 15.0. The Morgan fingerprint density at radius 3 is 2.45 bits per heavy atom. The molecular formula is C19H19N. The zero-order valence-corrected chi connectivity index (χ0v) is 11.6. The fourth-order valence-corrected chi connectivity index (χ4v) is 3.02. The lowest BCUT2D eigenvalue weighted by Gasteiger charge is -2.10. The third-order valence-corrected chi connectivity index (χ3v) is 4.34. The van der Waals surface area contributed by atoms with Crippen molar-refractivity contribution in [2.24, 2.45) is 5.92 Å². The van der Waals surface area contributed by atoms with Crippen molar-refractivity contribution in [3.63, 3.8) is 0 Å². The maximum Gasteiger partial charge on any atom is 0.0491 e. The molecule has 1 fully saturated rings. The van der Waals surface area contributed by atoms with E-state index < -0.39 is 0 Å². The van der Waals surface area contributed by atoms with Gasteiger partial charge >= 0.3 is 0 Å². The Kier molecular flexibility index (Phi) is 2.84. The standard InChI is InChI=1S/C19H19N/c1-2-6-16(7-3-1)19-14-17-8-4-5-9-18(17)20(19)13-12-15-10-11-15/h1-9,14-15H,10-13H2. The predicted octanol–water partition coefficient (Wildman–Crippen LogP) is 5.11. The molecule has 0 radical (unpaired) electrons. The summed E-state index contributed by atoms with van der Waals surface area (Å²) < 4.78 is 2.50. The van der Waals surface area contributed by atoms with Gasteiger partial charge in [-0.1, -0.05) is 61.4 Å². The molecule has 0 N–H and O–H groups in total. The van der Waals surface area contributed by atoms with Crippen LogP contribution in [0, 0.1) is 5.92 Å². The number of hydrogen-bond acceptors (Lipinski definition) is 0. The molecule has 0 atom stereocenters. The molecular weight excluding hydrogens is 242 g/mol. The zero-order valence-electron chi connectivity index (χ0n) is 11.6. The maximum atomic E-state index is 2.50. The van der Waals surface area contributed by atoms with Crippen molar-refractivity contribution in [2.75, 3.05) is 0 Å². The van der Waals surface area contributed by atoms with Crippen molar-refractivity contribution in [1.29, 1.82) is 0 Å². The summed E-state index contributed by atoms with van der Waals surface area (Å²) >= 11 is 0. The average Bonchev–Trinajstić information content (AvgIpc) is 3.26. The Morgan fingerprint density at radius 2 is 1.65 bits per heavy atom. The minimum Gasteiger partial charge on any atom is -0.340 e. The lowest BCUT2D eigenvalue weighted by molar-refractivity contribution is 0.615. The van der Waals surface area contributed by atoms with Gasteiger partial charge in [0.2, 0.25) is 0 Å². The summed E-state index contributed by atoms with van der Waals surface area (Å²) in [7, 11) is 0. The van der Waals surface area contributed by atoms with Crippen LogP contribution in [-0.4, -0.2) is 4.57 Å². The van der Waals surface area contributed by atoms with Crippen molar-refractivity contribution in [1.82, 2.24) is 4.57 Å². The van der Waals surface area contributed by atoms with E-state index in [9.17, 15) is 0 Å². The van der Waals surface area contributed by atoms with E-state index >= 15 is 0 Å². The molecule has 1 nitrogen and oxygen atoms in total. The van der Waals surface area contributed by atoms with Crippen LogP contribution in [0.4, 0.5) is 0 Å². The Balaban J connectivity index is 1.82. The Labute approximate surface area is 119 Å². The molecule has 4 rings (SSSR count). The maximum absolute atomic E-state index is 2.50. The lowest BCUT2D eigenvalue weighted by atomic mass is 10.1. The van der Waals surface area contributed by atoms with Crippen LogP contribution in [0.25, 0.3) is 22.2 Å². The molecule has 20 heavy (non-hydrogen) atoms. The molecule has 1 aromatic heterocycles. The van der Waals surface area contributed by atoms with Crippen LogP contribution in [0.3, 0.4) is 0 Å². The van der Waals surface area contributed by atoms with Crippen LogP contribution < -0.4 is 0 Å². The summed E-state index contributed by atoms with van der Waals surface area (Å²) in [6.45, 7) is 1.14. The van der Waals surface area contributed by atoms with Crippen molar-refractivity contribution in [3.05, 3.63) is 60.7 Å². The van der Waals surface area contributed by atoms with Gasteiger partial charge in [-0.2, -0.15) is 0 Å². The number of rotatable bonds is 4. The molecule has 1 heterocycles. The van der Waals surface area contributed by atoms with Gasteiger partial charge in [-0.15, -0.1) is 0 Å². The molecule has 0 amide bonds. The van der Waals surface area contributed by atoms with Crippen LogP contribution in [0.5, 0.6) is 0 Å². The summed E-state index contributed by atoms with van der Waals surface area (Å²) in [4.78, 5) is 0. The Bertz CT molecular complexity index is 720. The first-order valence-electron chi connectivity index (χ1n) is 7.55. The van der Waals surface area contributed by atoms with E-state index in [1.807, 2.05) is 0 Å². The number of nitrogens with zero attached hydrogens (tertiary/aromatic N) is 1. The number of para-hydroxylation sites is 1. The Morgan fingerprint density at radius 1 is 0.900 bits per heavy atom. The van der Waals surface area contributed by atoms with Gasteiger partial charge in [0.05, 0.1) is 0 Å². The second-order valence-corrected chi connectivity index (χ2v) is 5.84. The summed E-state index contributed by atoms with van der Waals surface area (Å²) in [5, 5.41) is 1.35. The normalized spacial score (nSPS) is 14.8. The summed E-state index contributed by atoms with van der Waals surface area (Å²) in [6.07, 6.45) is 4.18. The van der Waals surface area contributed by atoms with Crippen LogP contribution in [-0.2, 0) is 6.54 Å². The molecule has 0 aliphatic heterocycles. The van der Waals surface area contributed by atoms with Crippen LogP contribution >= 0.6 is 0 Å². The molecule has 100 valence electrons. The van der Waals surface area contributed by atoms with Gasteiger partial charge in [-0.25, -0.2) is 0 Å². The van der Waals surface area contributed by atoms with Gasteiger partial charge in [-0.3, -0.25) is 0 Å². The molecule has 0 unspecified atom stereocenters. The molecule has 1 heteroatoms. The second-order valence-electron chi connectivity index (χ2n) is 5.84. The first-order valence-corrected chi connectivity index (χ1v) is 7.55. The molecule has 0 spiro atoms. The molecule has 1 aliphatic carbocycles. The first kappa shape index (κ1) is 11.8. The first-order chi connectivity index (χ1) is 9.92. The highest BCUT2D eigenvalue weighted by Gasteiger charge is 2.21. The summed E-state index contributed by atoms with van der Waals surface area (Å²) in [5.41, 5.74) is 4.04. The van der Waals surface area contributed by atoms with E-state index in [4.69, 9.17) is 0 Å². The number of benzene rings is 2. The van der Waals surface area contributed by atoms with E-state index in [0.717, 1.165) is 12.5 Å². The van der Waals surface area contributed by atoms with Gasteiger partial charge in [0.1, 0.15) is 0 Å². The number of hydrogen-bond donors (Lipinski definition) is 0. The van der Waals surface area contributed by atoms with Gasteiger partial charge in [0.15, 0.2) is 0 Å². The molecule has 3 aromatic rings. The molecule has 1 saturated carbocycles. The number of fused-ring (bicyclic) bond motifs is 1. The topological polar surface area (TPSA) is 4.93 Å². The smallest absolute Gasteiger partial charge is 0.0491 e. The molecule has 0 saturated heterocycles. The fourth-order valence-electron chi connectivity index (χ4n) is 3.02. The van der Waals surface area contributed by atoms with Crippen LogP contribution in [0.15, 0.2) is 60.7 Å². The summed E-state index contributed by atoms with van der Waals surface area (Å²) in [5.74, 6) is 0.972. The molecule has 0 bridgehead atoms. The van der Waals surface area contributed by atoms with Crippen molar-refractivity contribution in [3.8, 4) is 11.3 Å². The van der Waals surface area contributed by atoms with Gasteiger partial charge in [0.25, 0.3) is 0 Å². The minimum absolute atomic E-state index is 0.972. The van der Waals surface area contributed by atoms with E-state index in [2.05, 4.69) is 65.2 Å². The third kappa shape index (κ3) is 2.14. The van der Waals surface area contributed by atoms with E-state index in [-0.39, 0.29) is 0 Å². The Hall–Kier alpha value is -2.02. The van der Waals surface area contributed by atoms with Gasteiger partial charge in [-0.05, 0) is 30.0 Å². The van der Waals surface area contributed by atoms with Crippen molar-refractivity contribution >= 4 is 10.9 Å². The summed E-state index contributed by atoms with van der Waals surface area (Å²) in [6, 6.07) is 21.8. The lowest BCUT2D eigenvalue weighted by Crippen LogP contribution is -2.00. The van der Waals surface area contributed by atoms with E-state index in [0.29, 0.717) is 0 Å². The van der Waals surface area contributed by atoms with Crippen LogP contribution in [0.2, 0.25) is 0 Å². The monoisotopic (exact) mass is 261 g/mol. The zero-order chi connectivity index (χ0) is 13.4. The highest BCUT2D eigenvalue weighted by Crippen LogP contribution is 2.35. The van der Waals surface area contributed by atoms with Crippen molar-refractivity contribution in [2.45, 2.75) is 25.8 Å². The largest absolute Gasteiger partial charge is 0.340 e. The number of aromatic nitrogens is 1. The second kappa shape index (κ2) is 4.82. The quantitative estimate of drug-likeness (QED) is 0.615. The predicted molar refractivity (Wildman–Crippen MR) is 84.7 cm³/mol. The van der Waals surface area contributed by atoms with E-state index in [1.165, 1.54) is 41.4 Å². The SMILES string of the molecule is c1ccc(-c2cc3ccccc3n2CCC2CC2)cc1. The molecule has 1 aliphatic rings. The number of aryl methyl sites for hydroxylation is 1. The van der Waals surface area contributed by atoms with Crippen molar-refractivity contribution < 1.29 is 0 Å². The van der Waals surface area contributed by atoms with E-state index in [1.54, 1.807) is 0 Å². The third-order valence-electron chi connectivity index (χ3n) is 4.34. The molecule has 2 aromatic carbocycles. The van der Waals surface area contributed by atoms with Crippen LogP contribution in [0.1, 0.15) is 19.3 Å².